The first-order chi connectivity index (χ1) is 10.9. The average molecular weight is 353 g/mol. The molecular weight excluding hydrogens is 316 g/mol. The molecule has 0 rings (SSSR count). The van der Waals surface area contributed by atoms with E-state index in [2.05, 4.69) is 0 Å². The van der Waals surface area contributed by atoms with Crippen LogP contribution >= 0.6 is 0 Å². The van der Waals surface area contributed by atoms with E-state index < -0.39 is 14.8 Å². The Kier molecular flexibility index (Phi) is 12.3. The molecule has 0 saturated carbocycles. The Bertz CT molecular complexity index is 282. The van der Waals surface area contributed by atoms with Crippen molar-refractivity contribution in [1.29, 1.82) is 0 Å². The predicted molar refractivity (Wildman–Crippen MR) is 92.6 cm³/mol. The molecule has 7 nitrogen and oxygen atoms in total. The highest BCUT2D eigenvalue weighted by atomic mass is 28.4. The summed E-state index contributed by atoms with van der Waals surface area (Å²) < 4.78 is 29.3. The molecule has 23 heavy (non-hydrogen) atoms. The van der Waals surface area contributed by atoms with Gasteiger partial charge in [-0.1, -0.05) is 0 Å². The molecule has 0 heterocycles. The fourth-order valence-electron chi connectivity index (χ4n) is 2.27. The van der Waals surface area contributed by atoms with Gasteiger partial charge >= 0.3 is 9.05 Å². The van der Waals surface area contributed by atoms with Crippen molar-refractivity contribution < 1.29 is 22.4 Å². The van der Waals surface area contributed by atoms with Gasteiger partial charge in [0.15, 0.2) is 5.79 Å². The second-order valence-corrected chi connectivity index (χ2v) is 7.41. The average Bonchev–Trinajstić information content (AvgIpc) is 2.46. The van der Waals surface area contributed by atoms with Crippen LogP contribution in [0.1, 0.15) is 53.9 Å². The van der Waals surface area contributed by atoms with Crippen molar-refractivity contribution in [2.75, 3.05) is 33.0 Å². The summed E-state index contributed by atoms with van der Waals surface area (Å²) in [7, 11) is -3.25. The van der Waals surface area contributed by atoms with Crippen LogP contribution in [-0.2, 0) is 22.4 Å². The summed E-state index contributed by atoms with van der Waals surface area (Å²) >= 11 is 0. The maximum atomic E-state index is 6.18. The second-order valence-electron chi connectivity index (χ2n) is 5.34. The fourth-order valence-corrected chi connectivity index (χ4v) is 4.45. The van der Waals surface area contributed by atoms with Gasteiger partial charge in [0.2, 0.25) is 0 Å². The fraction of sp³-hybridized carbons (Fsp3) is 1.00. The van der Waals surface area contributed by atoms with Crippen molar-refractivity contribution >= 4 is 9.05 Å². The van der Waals surface area contributed by atoms with Crippen LogP contribution in [-0.4, -0.2) is 53.8 Å². The van der Waals surface area contributed by atoms with E-state index in [4.69, 9.17) is 33.9 Å². The molecule has 0 amide bonds. The first-order valence-electron chi connectivity index (χ1n) is 8.62. The molecule has 4 N–H and O–H groups in total. The molecule has 0 aromatic carbocycles. The molecule has 0 aromatic rings. The van der Waals surface area contributed by atoms with E-state index in [1.54, 1.807) is 0 Å². The number of hydrogen-bond donors (Lipinski definition) is 2. The van der Waals surface area contributed by atoms with Crippen LogP contribution in [0.25, 0.3) is 0 Å². The number of ether oxygens (including phenoxy) is 1. The van der Waals surface area contributed by atoms with Crippen LogP contribution in [0.5, 0.6) is 0 Å². The van der Waals surface area contributed by atoms with Gasteiger partial charge in [0.05, 0.1) is 0 Å². The van der Waals surface area contributed by atoms with E-state index in [9.17, 15) is 0 Å². The molecule has 0 aliphatic rings. The van der Waals surface area contributed by atoms with E-state index in [-0.39, 0.29) is 6.04 Å². The Hall–Kier alpha value is -0.0631. The smallest absolute Gasteiger partial charge is 0.351 e. The van der Waals surface area contributed by atoms with Gasteiger partial charge in [-0.25, -0.2) is 0 Å². The van der Waals surface area contributed by atoms with Crippen molar-refractivity contribution in [2.45, 2.75) is 65.7 Å². The van der Waals surface area contributed by atoms with E-state index in [0.29, 0.717) is 39.4 Å². The van der Waals surface area contributed by atoms with Crippen molar-refractivity contribution in [2.24, 2.45) is 11.5 Å². The molecule has 0 bridgehead atoms. The highest BCUT2D eigenvalue weighted by Gasteiger charge is 2.51. The zero-order chi connectivity index (χ0) is 17.8. The summed E-state index contributed by atoms with van der Waals surface area (Å²) in [5.41, 5.74) is 11.6. The normalized spacial score (nSPS) is 16.3. The lowest BCUT2D eigenvalue weighted by Gasteiger charge is -2.37. The summed E-state index contributed by atoms with van der Waals surface area (Å²) in [6.45, 7) is 11.9. The molecule has 2 unspecified atom stereocenters. The maximum absolute atomic E-state index is 6.18. The van der Waals surface area contributed by atoms with Crippen LogP contribution in [0.2, 0.25) is 0 Å². The zero-order valence-electron chi connectivity index (χ0n) is 15.4. The van der Waals surface area contributed by atoms with Gasteiger partial charge in [-0.15, -0.1) is 0 Å². The molecular formula is C15H36N2O5Si. The molecule has 0 saturated heterocycles. The lowest BCUT2D eigenvalue weighted by atomic mass is 10.0. The molecule has 8 heteroatoms. The van der Waals surface area contributed by atoms with Crippen molar-refractivity contribution in [3.63, 3.8) is 0 Å². The minimum Gasteiger partial charge on any atom is -0.351 e. The summed E-state index contributed by atoms with van der Waals surface area (Å²) in [4.78, 5) is 0. The van der Waals surface area contributed by atoms with Gasteiger partial charge in [0.1, 0.15) is 0 Å². The molecule has 0 aliphatic heterocycles. The third-order valence-electron chi connectivity index (χ3n) is 3.26. The minimum absolute atomic E-state index is 0.0192. The number of hydrogen-bond acceptors (Lipinski definition) is 7. The molecule has 0 aliphatic carbocycles. The van der Waals surface area contributed by atoms with Crippen LogP contribution in [0.15, 0.2) is 0 Å². The third-order valence-corrected chi connectivity index (χ3v) is 5.87. The lowest BCUT2D eigenvalue weighted by molar-refractivity contribution is -0.220. The highest BCUT2D eigenvalue weighted by molar-refractivity contribution is 6.53. The molecule has 0 radical (unpaired) electrons. The summed E-state index contributed by atoms with van der Waals surface area (Å²) in [5.74, 6) is -0.868. The Morgan fingerprint density at radius 2 is 1.43 bits per heavy atom. The summed E-state index contributed by atoms with van der Waals surface area (Å²) in [6, 6.07) is 0.0192. The van der Waals surface area contributed by atoms with Crippen LogP contribution in [0.3, 0.4) is 0 Å². The van der Waals surface area contributed by atoms with Crippen LogP contribution in [0.4, 0.5) is 0 Å². The number of rotatable bonds is 15. The molecule has 0 spiro atoms. The molecule has 0 fully saturated rings. The van der Waals surface area contributed by atoms with E-state index in [1.807, 2.05) is 34.6 Å². The zero-order valence-corrected chi connectivity index (χ0v) is 16.4. The first kappa shape index (κ1) is 22.9. The SMILES string of the molecule is CCOC(C)(CCC(N)CCN)O[Si](OCC)(OCC)OCC. The lowest BCUT2D eigenvalue weighted by Crippen LogP contribution is -2.56. The van der Waals surface area contributed by atoms with Crippen LogP contribution in [0, 0.1) is 0 Å². The Labute approximate surface area is 142 Å². The third kappa shape index (κ3) is 9.11. The van der Waals surface area contributed by atoms with E-state index in [1.165, 1.54) is 0 Å². The standard InChI is InChI=1S/C15H36N2O5Si/c1-6-18-15(5,12-10-14(17)11-13-16)22-23(19-7-2,20-8-3)21-9-4/h14H,6-13,16-17H2,1-5H3. The molecule has 0 aromatic heterocycles. The highest BCUT2D eigenvalue weighted by Crippen LogP contribution is 2.27. The Balaban J connectivity index is 5.05. The van der Waals surface area contributed by atoms with E-state index in [0.717, 1.165) is 12.8 Å². The van der Waals surface area contributed by atoms with Crippen molar-refractivity contribution in [3.05, 3.63) is 0 Å². The Morgan fingerprint density at radius 1 is 0.913 bits per heavy atom. The largest absolute Gasteiger partial charge is 0.681 e. The second kappa shape index (κ2) is 12.3. The quantitative estimate of drug-likeness (QED) is 0.342. The van der Waals surface area contributed by atoms with Crippen molar-refractivity contribution in [1.82, 2.24) is 0 Å². The summed E-state index contributed by atoms with van der Waals surface area (Å²) in [6.07, 6.45) is 2.12. The molecule has 2 atom stereocenters. The summed E-state index contributed by atoms with van der Waals surface area (Å²) in [5, 5.41) is 0. The van der Waals surface area contributed by atoms with Gasteiger partial charge < -0.3 is 33.9 Å². The number of nitrogens with two attached hydrogens (primary N) is 2. The van der Waals surface area contributed by atoms with Crippen LogP contribution < -0.4 is 11.5 Å². The molecule has 140 valence electrons. The topological polar surface area (TPSA) is 98.2 Å². The van der Waals surface area contributed by atoms with Crippen molar-refractivity contribution in [3.8, 4) is 0 Å². The van der Waals surface area contributed by atoms with Gasteiger partial charge in [0.25, 0.3) is 0 Å². The predicted octanol–water partition coefficient (Wildman–Crippen LogP) is 1.76. The Morgan fingerprint density at radius 3 is 1.83 bits per heavy atom. The minimum atomic E-state index is -3.25. The monoisotopic (exact) mass is 352 g/mol. The maximum Gasteiger partial charge on any atom is 0.681 e. The van der Waals surface area contributed by atoms with E-state index >= 15 is 0 Å². The van der Waals surface area contributed by atoms with Gasteiger partial charge in [-0.3, -0.25) is 0 Å². The van der Waals surface area contributed by atoms with Gasteiger partial charge in [-0.2, -0.15) is 0 Å². The van der Waals surface area contributed by atoms with Gasteiger partial charge in [0, 0.05) is 38.9 Å². The van der Waals surface area contributed by atoms with Gasteiger partial charge in [-0.05, 0) is 54.0 Å². The first-order valence-corrected chi connectivity index (χ1v) is 10.3.